The van der Waals surface area contributed by atoms with Crippen molar-refractivity contribution in [3.05, 3.63) is 24.3 Å². The number of ether oxygens (including phenoxy) is 1. The zero-order valence-electron chi connectivity index (χ0n) is 16.2. The standard InChI is InChI=1S/C22H30N2O3/c1-15(27-21(25)14-18-13-16-4-5-17(18)12-16)22(26)23-19-6-8-20(9-7-19)24-10-2-3-11-24/h6-9,15-18H,2-5,10-14H2,1H3,(H,23,26)/t15-,16+,17+,18+/m1/s1. The van der Waals surface area contributed by atoms with E-state index in [0.29, 0.717) is 18.3 Å². The second-order valence-electron chi connectivity index (χ2n) is 8.50. The summed E-state index contributed by atoms with van der Waals surface area (Å²) in [7, 11) is 0. The van der Waals surface area contributed by atoms with Crippen molar-refractivity contribution < 1.29 is 14.3 Å². The lowest BCUT2D eigenvalue weighted by Crippen LogP contribution is -2.31. The van der Waals surface area contributed by atoms with Gasteiger partial charge in [-0.25, -0.2) is 0 Å². The number of rotatable bonds is 6. The molecule has 0 aromatic heterocycles. The minimum atomic E-state index is -0.769. The van der Waals surface area contributed by atoms with Crippen LogP contribution in [0.4, 0.5) is 11.4 Å². The van der Waals surface area contributed by atoms with Gasteiger partial charge >= 0.3 is 5.97 Å². The van der Waals surface area contributed by atoms with Gasteiger partial charge in [-0.3, -0.25) is 9.59 Å². The third-order valence-electron chi connectivity index (χ3n) is 6.60. The molecule has 4 atom stereocenters. The van der Waals surface area contributed by atoms with Crippen LogP contribution in [0, 0.1) is 17.8 Å². The van der Waals surface area contributed by atoms with Crippen molar-refractivity contribution in [1.29, 1.82) is 0 Å². The molecule has 1 amide bonds. The number of anilines is 2. The van der Waals surface area contributed by atoms with Crippen LogP contribution in [-0.4, -0.2) is 31.1 Å². The molecule has 0 spiro atoms. The molecule has 3 fully saturated rings. The number of fused-ring (bicyclic) bond motifs is 2. The van der Waals surface area contributed by atoms with Crippen LogP contribution in [0.2, 0.25) is 0 Å². The molecule has 0 radical (unpaired) electrons. The van der Waals surface area contributed by atoms with Gasteiger partial charge in [0.15, 0.2) is 6.10 Å². The minimum Gasteiger partial charge on any atom is -0.453 e. The number of benzene rings is 1. The fraction of sp³-hybridized carbons (Fsp3) is 0.636. The van der Waals surface area contributed by atoms with Gasteiger partial charge in [0.2, 0.25) is 0 Å². The van der Waals surface area contributed by atoms with Gasteiger partial charge in [0, 0.05) is 30.9 Å². The van der Waals surface area contributed by atoms with Crippen LogP contribution in [0.1, 0.15) is 51.9 Å². The van der Waals surface area contributed by atoms with E-state index in [4.69, 9.17) is 4.74 Å². The molecule has 1 aliphatic heterocycles. The maximum Gasteiger partial charge on any atom is 0.306 e. The molecular formula is C22H30N2O3. The highest BCUT2D eigenvalue weighted by Gasteiger charge is 2.40. The van der Waals surface area contributed by atoms with E-state index < -0.39 is 6.10 Å². The van der Waals surface area contributed by atoms with Gasteiger partial charge in [0.05, 0.1) is 0 Å². The normalized spacial score (nSPS) is 27.6. The molecule has 1 saturated heterocycles. The van der Waals surface area contributed by atoms with Crippen LogP contribution in [-0.2, 0) is 14.3 Å². The predicted octanol–water partition coefficient (Wildman–Crippen LogP) is 3.98. The van der Waals surface area contributed by atoms with Crippen molar-refractivity contribution in [3.63, 3.8) is 0 Å². The highest BCUT2D eigenvalue weighted by Crippen LogP contribution is 2.49. The number of amides is 1. The van der Waals surface area contributed by atoms with Crippen LogP contribution in [0.3, 0.4) is 0 Å². The molecule has 5 heteroatoms. The number of hydrogen-bond donors (Lipinski definition) is 1. The van der Waals surface area contributed by atoms with Gasteiger partial charge in [-0.2, -0.15) is 0 Å². The minimum absolute atomic E-state index is 0.236. The molecule has 1 aromatic rings. The number of carbonyl (C=O) groups is 2. The van der Waals surface area contributed by atoms with Gasteiger partial charge in [-0.15, -0.1) is 0 Å². The molecule has 1 N–H and O–H groups in total. The Balaban J connectivity index is 1.24. The maximum absolute atomic E-state index is 12.4. The Labute approximate surface area is 161 Å². The van der Waals surface area contributed by atoms with Crippen LogP contribution in [0.15, 0.2) is 24.3 Å². The van der Waals surface area contributed by atoms with Gasteiger partial charge in [-0.1, -0.05) is 6.42 Å². The molecule has 2 aliphatic carbocycles. The first-order valence-electron chi connectivity index (χ1n) is 10.4. The van der Waals surface area contributed by atoms with Crippen molar-refractivity contribution in [3.8, 4) is 0 Å². The lowest BCUT2D eigenvalue weighted by atomic mass is 9.86. The zero-order valence-corrected chi connectivity index (χ0v) is 16.2. The first-order valence-corrected chi connectivity index (χ1v) is 10.4. The lowest BCUT2D eigenvalue weighted by molar-refractivity contribution is -0.154. The molecule has 2 bridgehead atoms. The topological polar surface area (TPSA) is 58.6 Å². The summed E-state index contributed by atoms with van der Waals surface area (Å²) in [5.41, 5.74) is 1.93. The Hall–Kier alpha value is -2.04. The van der Waals surface area contributed by atoms with E-state index >= 15 is 0 Å². The Morgan fingerprint density at radius 2 is 1.89 bits per heavy atom. The van der Waals surface area contributed by atoms with E-state index in [9.17, 15) is 9.59 Å². The van der Waals surface area contributed by atoms with Crippen molar-refractivity contribution in [2.45, 2.75) is 58.0 Å². The van der Waals surface area contributed by atoms with E-state index in [1.165, 1.54) is 37.8 Å². The smallest absolute Gasteiger partial charge is 0.306 e. The molecule has 0 unspecified atom stereocenters. The first-order chi connectivity index (χ1) is 13.1. The second-order valence-corrected chi connectivity index (χ2v) is 8.50. The van der Waals surface area contributed by atoms with E-state index in [-0.39, 0.29) is 11.9 Å². The fourth-order valence-corrected chi connectivity index (χ4v) is 5.11. The Bertz CT molecular complexity index is 681. The fourth-order valence-electron chi connectivity index (χ4n) is 5.11. The van der Waals surface area contributed by atoms with E-state index in [0.717, 1.165) is 31.1 Å². The Morgan fingerprint density at radius 1 is 1.15 bits per heavy atom. The van der Waals surface area contributed by atoms with Crippen molar-refractivity contribution in [2.24, 2.45) is 17.8 Å². The summed E-state index contributed by atoms with van der Waals surface area (Å²) in [6, 6.07) is 7.89. The van der Waals surface area contributed by atoms with Crippen LogP contribution < -0.4 is 10.2 Å². The van der Waals surface area contributed by atoms with Gasteiger partial charge in [0.1, 0.15) is 0 Å². The molecule has 2 saturated carbocycles. The predicted molar refractivity (Wildman–Crippen MR) is 106 cm³/mol. The summed E-state index contributed by atoms with van der Waals surface area (Å²) in [4.78, 5) is 26.9. The number of esters is 1. The molecule has 5 nitrogen and oxygen atoms in total. The molecule has 1 aromatic carbocycles. The van der Waals surface area contributed by atoms with Crippen molar-refractivity contribution in [2.75, 3.05) is 23.3 Å². The summed E-state index contributed by atoms with van der Waals surface area (Å²) in [6.45, 7) is 3.84. The third kappa shape index (κ3) is 4.28. The molecule has 4 rings (SSSR count). The molecule has 3 aliphatic rings. The zero-order chi connectivity index (χ0) is 18.8. The molecule has 27 heavy (non-hydrogen) atoms. The lowest BCUT2D eigenvalue weighted by Gasteiger charge is -2.21. The van der Waals surface area contributed by atoms with Gasteiger partial charge in [-0.05, 0) is 81.0 Å². The SMILES string of the molecule is C[C@@H](OC(=O)C[C@@H]1C[C@H]2CC[C@H]1C2)C(=O)Nc1ccc(N2CCCC2)cc1. The summed E-state index contributed by atoms with van der Waals surface area (Å²) in [6.07, 6.45) is 7.19. The number of carbonyl (C=O) groups excluding carboxylic acids is 2. The number of nitrogens with one attached hydrogen (secondary N) is 1. The van der Waals surface area contributed by atoms with Gasteiger partial charge in [0.25, 0.3) is 5.91 Å². The van der Waals surface area contributed by atoms with Crippen molar-refractivity contribution in [1.82, 2.24) is 0 Å². The molecule has 146 valence electrons. The average Bonchev–Trinajstić information content (AvgIpc) is 3.40. The Kier molecular flexibility index (Phi) is 5.37. The number of hydrogen-bond acceptors (Lipinski definition) is 4. The van der Waals surface area contributed by atoms with Crippen LogP contribution in [0.25, 0.3) is 0 Å². The van der Waals surface area contributed by atoms with Gasteiger partial charge < -0.3 is 15.0 Å². The highest BCUT2D eigenvalue weighted by molar-refractivity contribution is 5.95. The molecular weight excluding hydrogens is 340 g/mol. The quantitative estimate of drug-likeness (QED) is 0.770. The highest BCUT2D eigenvalue weighted by atomic mass is 16.5. The van der Waals surface area contributed by atoms with Crippen LogP contribution >= 0.6 is 0 Å². The maximum atomic E-state index is 12.4. The largest absolute Gasteiger partial charge is 0.453 e. The van der Waals surface area contributed by atoms with Crippen molar-refractivity contribution >= 4 is 23.3 Å². The summed E-state index contributed by atoms with van der Waals surface area (Å²) in [5, 5.41) is 2.85. The molecule has 1 heterocycles. The first kappa shape index (κ1) is 18.3. The van der Waals surface area contributed by atoms with E-state index in [1.54, 1.807) is 6.92 Å². The average molecular weight is 370 g/mol. The van der Waals surface area contributed by atoms with Crippen LogP contribution in [0.5, 0.6) is 0 Å². The summed E-state index contributed by atoms with van der Waals surface area (Å²) < 4.78 is 5.40. The summed E-state index contributed by atoms with van der Waals surface area (Å²) >= 11 is 0. The van der Waals surface area contributed by atoms with E-state index in [2.05, 4.69) is 10.2 Å². The van der Waals surface area contributed by atoms with E-state index in [1.807, 2.05) is 24.3 Å². The Morgan fingerprint density at radius 3 is 2.52 bits per heavy atom. The third-order valence-corrected chi connectivity index (χ3v) is 6.60. The number of nitrogens with zero attached hydrogens (tertiary/aromatic N) is 1. The second kappa shape index (κ2) is 7.91. The monoisotopic (exact) mass is 370 g/mol. The summed E-state index contributed by atoms with van der Waals surface area (Å²) in [5.74, 6) is 1.47.